The lowest BCUT2D eigenvalue weighted by Crippen LogP contribution is -2.43. The second-order valence-electron chi connectivity index (χ2n) is 4.95. The predicted molar refractivity (Wildman–Crippen MR) is 64.6 cm³/mol. The minimum absolute atomic E-state index is 0.000117. The molecule has 1 atom stereocenters. The molecule has 2 N–H and O–H groups in total. The third-order valence-electron chi connectivity index (χ3n) is 3.47. The highest BCUT2D eigenvalue weighted by atomic mass is 19.4. The number of rotatable bonds is 3. The molecule has 118 valence electrons. The van der Waals surface area contributed by atoms with Crippen LogP contribution in [0.1, 0.15) is 30.4 Å². The van der Waals surface area contributed by atoms with Crippen LogP contribution in [0.15, 0.2) is 12.3 Å². The van der Waals surface area contributed by atoms with Crippen molar-refractivity contribution in [1.29, 1.82) is 0 Å². The molecule has 4 nitrogen and oxygen atoms in total. The van der Waals surface area contributed by atoms with Gasteiger partial charge < -0.3 is 5.73 Å². The molecule has 2 rings (SSSR count). The molecule has 0 radical (unpaired) electrons. The molecule has 9 heteroatoms. The van der Waals surface area contributed by atoms with E-state index in [0.29, 0.717) is 0 Å². The summed E-state index contributed by atoms with van der Waals surface area (Å²) in [7, 11) is 0. The third-order valence-corrected chi connectivity index (χ3v) is 3.47. The number of nitrogens with zero attached hydrogens (tertiary/aromatic N) is 3. The van der Waals surface area contributed by atoms with E-state index in [1.807, 2.05) is 0 Å². The summed E-state index contributed by atoms with van der Waals surface area (Å²) in [6.07, 6.45) is -4.31. The van der Waals surface area contributed by atoms with Gasteiger partial charge in [-0.3, -0.25) is 4.90 Å². The predicted octanol–water partition coefficient (Wildman–Crippen LogP) is 2.23. The van der Waals surface area contributed by atoms with Crippen LogP contribution in [-0.2, 0) is 6.18 Å². The molecule has 0 spiro atoms. The summed E-state index contributed by atoms with van der Waals surface area (Å²) >= 11 is 0. The summed E-state index contributed by atoms with van der Waals surface area (Å²) in [5.41, 5.74) is 5.69. The zero-order valence-electron chi connectivity index (χ0n) is 11.1. The number of likely N-dealkylation sites (tertiary alicyclic amines) is 1. The number of aromatic nitrogens is 2. The summed E-state index contributed by atoms with van der Waals surface area (Å²) in [4.78, 5) is 8.30. The molecular formula is C12H15F5N4. The topological polar surface area (TPSA) is 55.0 Å². The molecule has 1 unspecified atom stereocenters. The van der Waals surface area contributed by atoms with Crippen molar-refractivity contribution in [2.24, 2.45) is 5.73 Å². The lowest BCUT2D eigenvalue weighted by Gasteiger charge is -2.36. The normalized spacial score (nSPS) is 21.2. The van der Waals surface area contributed by atoms with Crippen molar-refractivity contribution < 1.29 is 22.0 Å². The van der Waals surface area contributed by atoms with Gasteiger partial charge in [-0.25, -0.2) is 18.7 Å². The quantitative estimate of drug-likeness (QED) is 0.870. The van der Waals surface area contributed by atoms with Gasteiger partial charge in [-0.15, -0.1) is 0 Å². The number of piperidine rings is 1. The summed E-state index contributed by atoms with van der Waals surface area (Å²) in [6, 6.07) is 0.713. The molecule has 2 heterocycles. The minimum atomic E-state index is -4.65. The van der Waals surface area contributed by atoms with Crippen LogP contribution in [-0.4, -0.2) is 40.4 Å². The first-order chi connectivity index (χ1) is 9.73. The smallest absolute Gasteiger partial charge is 0.329 e. The maximum Gasteiger partial charge on any atom is 0.451 e. The molecule has 0 saturated carbocycles. The number of alkyl halides is 5. The molecule has 0 bridgehead atoms. The molecule has 0 amide bonds. The van der Waals surface area contributed by atoms with Crippen LogP contribution in [0.3, 0.4) is 0 Å². The summed E-state index contributed by atoms with van der Waals surface area (Å²) in [5, 5.41) is 0. The highest BCUT2D eigenvalue weighted by Crippen LogP contribution is 2.32. The van der Waals surface area contributed by atoms with E-state index in [1.54, 1.807) is 4.90 Å². The van der Waals surface area contributed by atoms with Gasteiger partial charge >= 0.3 is 6.18 Å². The molecule has 1 aliphatic rings. The van der Waals surface area contributed by atoms with Crippen molar-refractivity contribution in [2.75, 3.05) is 19.6 Å². The Bertz CT molecular complexity index is 481. The fourth-order valence-electron chi connectivity index (χ4n) is 2.31. The monoisotopic (exact) mass is 310 g/mol. The van der Waals surface area contributed by atoms with Gasteiger partial charge in [-0.1, -0.05) is 0 Å². The summed E-state index contributed by atoms with van der Waals surface area (Å²) < 4.78 is 64.1. The van der Waals surface area contributed by atoms with Gasteiger partial charge in [0.1, 0.15) is 0 Å². The van der Waals surface area contributed by atoms with Crippen molar-refractivity contribution in [3.8, 4) is 0 Å². The third kappa shape index (κ3) is 3.85. The number of nitrogens with two attached hydrogens (primary N) is 1. The van der Waals surface area contributed by atoms with Crippen LogP contribution in [0, 0.1) is 0 Å². The van der Waals surface area contributed by atoms with E-state index in [-0.39, 0.29) is 38.2 Å². The Hall–Kier alpha value is -1.35. The van der Waals surface area contributed by atoms with Crippen molar-refractivity contribution in [3.63, 3.8) is 0 Å². The van der Waals surface area contributed by atoms with E-state index < -0.39 is 24.0 Å². The first-order valence-electron chi connectivity index (χ1n) is 6.45. The maximum atomic E-state index is 13.1. The number of hydrogen-bond acceptors (Lipinski definition) is 4. The van der Waals surface area contributed by atoms with E-state index in [0.717, 1.165) is 6.20 Å². The fourth-order valence-corrected chi connectivity index (χ4v) is 2.31. The van der Waals surface area contributed by atoms with Crippen LogP contribution in [0.2, 0.25) is 0 Å². The maximum absolute atomic E-state index is 13.1. The first kappa shape index (κ1) is 16.0. The molecule has 0 aliphatic carbocycles. The Morgan fingerprint density at radius 1 is 1.29 bits per heavy atom. The van der Waals surface area contributed by atoms with Crippen LogP contribution >= 0.6 is 0 Å². The standard InChI is InChI=1S/C12H15F5N4/c13-11(14)2-5-21(6-3-11)9(7-18)8-1-4-19-10(20-8)12(15,16)17/h1,4,9H,2-3,5-7,18H2. The highest BCUT2D eigenvalue weighted by molar-refractivity contribution is 5.10. The second kappa shape index (κ2) is 5.80. The zero-order chi connectivity index (χ0) is 15.7. The van der Waals surface area contributed by atoms with E-state index in [2.05, 4.69) is 9.97 Å². The minimum Gasteiger partial charge on any atom is -0.329 e. The van der Waals surface area contributed by atoms with Gasteiger partial charge in [-0.05, 0) is 6.07 Å². The van der Waals surface area contributed by atoms with E-state index in [9.17, 15) is 22.0 Å². The van der Waals surface area contributed by atoms with E-state index >= 15 is 0 Å². The molecule has 1 aliphatic heterocycles. The number of halogens is 5. The van der Waals surface area contributed by atoms with Gasteiger partial charge in [0.25, 0.3) is 5.92 Å². The lowest BCUT2D eigenvalue weighted by molar-refractivity contribution is -0.145. The van der Waals surface area contributed by atoms with Crippen molar-refractivity contribution in [2.45, 2.75) is 31.0 Å². The Morgan fingerprint density at radius 2 is 1.90 bits per heavy atom. The summed E-state index contributed by atoms with van der Waals surface area (Å²) in [5.74, 6) is -3.97. The zero-order valence-corrected chi connectivity index (χ0v) is 11.1. The molecule has 0 aromatic carbocycles. The molecule has 1 aromatic heterocycles. The van der Waals surface area contributed by atoms with Gasteiger partial charge in [0, 0.05) is 38.7 Å². The fraction of sp³-hybridized carbons (Fsp3) is 0.667. The average molecular weight is 310 g/mol. The second-order valence-corrected chi connectivity index (χ2v) is 4.95. The molecule has 1 fully saturated rings. The SMILES string of the molecule is NCC(c1ccnc(C(F)(F)F)n1)N1CCC(F)(F)CC1. The lowest BCUT2D eigenvalue weighted by atomic mass is 10.0. The van der Waals surface area contributed by atoms with Gasteiger partial charge in [-0.2, -0.15) is 13.2 Å². The molecule has 21 heavy (non-hydrogen) atoms. The van der Waals surface area contributed by atoms with E-state index in [1.165, 1.54) is 6.07 Å². The highest BCUT2D eigenvalue weighted by Gasteiger charge is 2.38. The Kier molecular flexibility index (Phi) is 4.43. The van der Waals surface area contributed by atoms with Gasteiger partial charge in [0.2, 0.25) is 5.82 Å². The Morgan fingerprint density at radius 3 is 2.43 bits per heavy atom. The van der Waals surface area contributed by atoms with Gasteiger partial charge in [0.15, 0.2) is 0 Å². The van der Waals surface area contributed by atoms with Crippen LogP contribution in [0.25, 0.3) is 0 Å². The Balaban J connectivity index is 2.18. The summed E-state index contributed by atoms with van der Waals surface area (Å²) in [6.45, 7) is 0.139. The Labute approximate surface area is 118 Å². The first-order valence-corrected chi connectivity index (χ1v) is 6.45. The number of hydrogen-bond donors (Lipinski definition) is 1. The van der Waals surface area contributed by atoms with Crippen molar-refractivity contribution in [3.05, 3.63) is 23.8 Å². The molecule has 1 saturated heterocycles. The average Bonchev–Trinajstić information content (AvgIpc) is 2.41. The van der Waals surface area contributed by atoms with Crippen LogP contribution in [0.5, 0.6) is 0 Å². The van der Waals surface area contributed by atoms with Gasteiger partial charge in [0.05, 0.1) is 11.7 Å². The van der Waals surface area contributed by atoms with E-state index in [4.69, 9.17) is 5.73 Å². The van der Waals surface area contributed by atoms with Crippen molar-refractivity contribution in [1.82, 2.24) is 14.9 Å². The van der Waals surface area contributed by atoms with Crippen LogP contribution in [0.4, 0.5) is 22.0 Å². The van der Waals surface area contributed by atoms with Crippen molar-refractivity contribution >= 4 is 0 Å². The molecule has 1 aromatic rings. The molecular weight excluding hydrogens is 295 g/mol. The van der Waals surface area contributed by atoms with Crippen LogP contribution < -0.4 is 5.73 Å². The largest absolute Gasteiger partial charge is 0.451 e.